The van der Waals surface area contributed by atoms with Gasteiger partial charge < -0.3 is 10.1 Å². The minimum absolute atomic E-state index is 0.127. The second kappa shape index (κ2) is 8.58. The number of thiophene rings is 1. The van der Waals surface area contributed by atoms with E-state index in [1.165, 1.54) is 0 Å². The number of halogens is 1. The lowest BCUT2D eigenvalue weighted by Gasteiger charge is -2.12. The molecule has 8 heteroatoms. The highest BCUT2D eigenvalue weighted by Gasteiger charge is 2.15. The number of carbonyl (C=O) groups is 2. The number of aryl methyl sites for hydroxylation is 1. The number of aromatic nitrogens is 2. The molecule has 0 saturated carbocycles. The van der Waals surface area contributed by atoms with Crippen LogP contribution in [0.25, 0.3) is 5.69 Å². The molecular weight excluding hydrogens is 398 g/mol. The van der Waals surface area contributed by atoms with Gasteiger partial charge in [-0.2, -0.15) is 5.10 Å². The van der Waals surface area contributed by atoms with E-state index in [0.29, 0.717) is 10.6 Å². The van der Waals surface area contributed by atoms with Gasteiger partial charge in [-0.05, 0) is 56.5 Å². The zero-order valence-electron chi connectivity index (χ0n) is 15.7. The SMILES string of the molecule is Cc1nn(-c2ccc(C(=O)OCC(=O)NC(C)c3cccs3)cc2)c(C)c1Cl. The average Bonchev–Trinajstić information content (AvgIpc) is 3.31. The first-order valence-electron chi connectivity index (χ1n) is 8.69. The van der Waals surface area contributed by atoms with Crippen molar-refractivity contribution < 1.29 is 14.3 Å². The van der Waals surface area contributed by atoms with Gasteiger partial charge in [0.1, 0.15) is 0 Å². The number of benzene rings is 1. The predicted octanol–water partition coefficient (Wildman–Crippen LogP) is 4.24. The molecule has 0 spiro atoms. The fourth-order valence-electron chi connectivity index (χ4n) is 2.72. The molecule has 28 heavy (non-hydrogen) atoms. The molecule has 2 aromatic heterocycles. The number of rotatable bonds is 6. The summed E-state index contributed by atoms with van der Waals surface area (Å²) >= 11 is 7.73. The first-order valence-corrected chi connectivity index (χ1v) is 9.94. The van der Waals surface area contributed by atoms with Crippen LogP contribution in [-0.2, 0) is 9.53 Å². The van der Waals surface area contributed by atoms with Gasteiger partial charge in [0.25, 0.3) is 5.91 Å². The van der Waals surface area contributed by atoms with Gasteiger partial charge in [-0.25, -0.2) is 9.48 Å². The highest BCUT2D eigenvalue weighted by molar-refractivity contribution is 7.10. The molecule has 1 atom stereocenters. The van der Waals surface area contributed by atoms with Crippen LogP contribution in [0.5, 0.6) is 0 Å². The van der Waals surface area contributed by atoms with Gasteiger partial charge in [0, 0.05) is 4.88 Å². The Labute approximate surface area is 172 Å². The van der Waals surface area contributed by atoms with E-state index in [4.69, 9.17) is 16.3 Å². The van der Waals surface area contributed by atoms with Crippen molar-refractivity contribution in [2.75, 3.05) is 6.61 Å². The Morgan fingerprint density at radius 1 is 1.25 bits per heavy atom. The lowest BCUT2D eigenvalue weighted by atomic mass is 10.2. The van der Waals surface area contributed by atoms with Gasteiger partial charge in [0.2, 0.25) is 0 Å². The molecule has 6 nitrogen and oxygen atoms in total. The molecule has 1 N–H and O–H groups in total. The van der Waals surface area contributed by atoms with Crippen molar-refractivity contribution in [2.24, 2.45) is 0 Å². The van der Waals surface area contributed by atoms with Gasteiger partial charge in [0.05, 0.1) is 33.7 Å². The van der Waals surface area contributed by atoms with E-state index in [1.807, 2.05) is 38.3 Å². The molecule has 2 heterocycles. The van der Waals surface area contributed by atoms with Crippen LogP contribution in [0.4, 0.5) is 0 Å². The molecule has 0 saturated heterocycles. The van der Waals surface area contributed by atoms with E-state index in [0.717, 1.165) is 22.0 Å². The second-order valence-electron chi connectivity index (χ2n) is 6.32. The summed E-state index contributed by atoms with van der Waals surface area (Å²) in [6.45, 7) is 5.26. The smallest absolute Gasteiger partial charge is 0.338 e. The quantitative estimate of drug-likeness (QED) is 0.609. The molecule has 1 unspecified atom stereocenters. The average molecular weight is 418 g/mol. The molecule has 1 aromatic carbocycles. The largest absolute Gasteiger partial charge is 0.452 e. The number of nitrogens with zero attached hydrogens (tertiary/aromatic N) is 2. The monoisotopic (exact) mass is 417 g/mol. The van der Waals surface area contributed by atoms with Crippen LogP contribution >= 0.6 is 22.9 Å². The summed E-state index contributed by atoms with van der Waals surface area (Å²) < 4.78 is 6.82. The standard InChI is InChI=1S/C20H20ClN3O3S/c1-12(17-5-4-10-28-17)22-18(25)11-27-20(26)15-6-8-16(9-7-15)24-14(3)19(21)13(2)23-24/h4-10,12H,11H2,1-3H3,(H,22,25). The molecule has 0 bridgehead atoms. The van der Waals surface area contributed by atoms with E-state index < -0.39 is 5.97 Å². The van der Waals surface area contributed by atoms with Crippen LogP contribution in [0.3, 0.4) is 0 Å². The Balaban J connectivity index is 1.57. The molecule has 0 radical (unpaired) electrons. The number of esters is 1. The molecule has 0 aliphatic carbocycles. The Morgan fingerprint density at radius 3 is 2.54 bits per heavy atom. The van der Waals surface area contributed by atoms with Crippen molar-refractivity contribution in [3.63, 3.8) is 0 Å². The van der Waals surface area contributed by atoms with Gasteiger partial charge in [-0.1, -0.05) is 17.7 Å². The zero-order valence-corrected chi connectivity index (χ0v) is 17.3. The number of carbonyl (C=O) groups excluding carboxylic acids is 2. The first-order chi connectivity index (χ1) is 13.4. The van der Waals surface area contributed by atoms with Crippen LogP contribution in [0.15, 0.2) is 41.8 Å². The van der Waals surface area contributed by atoms with Gasteiger partial charge in [0.15, 0.2) is 6.61 Å². The van der Waals surface area contributed by atoms with Crippen molar-refractivity contribution in [3.8, 4) is 5.69 Å². The molecule has 146 valence electrons. The third-order valence-electron chi connectivity index (χ3n) is 4.23. The van der Waals surface area contributed by atoms with E-state index >= 15 is 0 Å². The Bertz CT molecular complexity index is 981. The molecule has 3 rings (SSSR count). The third-order valence-corrected chi connectivity index (χ3v) is 5.83. The topological polar surface area (TPSA) is 73.2 Å². The predicted molar refractivity (Wildman–Crippen MR) is 109 cm³/mol. The van der Waals surface area contributed by atoms with Crippen LogP contribution in [0, 0.1) is 13.8 Å². The summed E-state index contributed by atoms with van der Waals surface area (Å²) in [5, 5.41) is 9.75. The summed E-state index contributed by atoms with van der Waals surface area (Å²) in [5.74, 6) is -0.903. The summed E-state index contributed by atoms with van der Waals surface area (Å²) in [6.07, 6.45) is 0. The van der Waals surface area contributed by atoms with Gasteiger partial charge in [-0.3, -0.25) is 4.79 Å². The highest BCUT2D eigenvalue weighted by Crippen LogP contribution is 2.22. The second-order valence-corrected chi connectivity index (χ2v) is 7.68. The maximum Gasteiger partial charge on any atom is 0.338 e. The summed E-state index contributed by atoms with van der Waals surface area (Å²) in [4.78, 5) is 25.2. The summed E-state index contributed by atoms with van der Waals surface area (Å²) in [7, 11) is 0. The van der Waals surface area contributed by atoms with Crippen molar-refractivity contribution in [3.05, 3.63) is 68.6 Å². The molecule has 0 aliphatic heterocycles. The number of hydrogen-bond acceptors (Lipinski definition) is 5. The Kier molecular flexibility index (Phi) is 6.16. The number of ether oxygens (including phenoxy) is 1. The lowest BCUT2D eigenvalue weighted by Crippen LogP contribution is -2.30. The number of hydrogen-bond donors (Lipinski definition) is 1. The third kappa shape index (κ3) is 4.43. The van der Waals surface area contributed by atoms with Crippen molar-refractivity contribution in [1.82, 2.24) is 15.1 Å². The molecule has 3 aromatic rings. The van der Waals surface area contributed by atoms with E-state index in [-0.39, 0.29) is 18.6 Å². The van der Waals surface area contributed by atoms with Crippen LogP contribution in [0.1, 0.15) is 39.6 Å². The Morgan fingerprint density at radius 2 is 1.96 bits per heavy atom. The lowest BCUT2D eigenvalue weighted by molar-refractivity contribution is -0.124. The van der Waals surface area contributed by atoms with Crippen molar-refractivity contribution in [1.29, 1.82) is 0 Å². The van der Waals surface area contributed by atoms with Crippen molar-refractivity contribution >= 4 is 34.8 Å². The van der Waals surface area contributed by atoms with Crippen molar-refractivity contribution in [2.45, 2.75) is 26.8 Å². The van der Waals surface area contributed by atoms with E-state index in [9.17, 15) is 9.59 Å². The Hall–Kier alpha value is -2.64. The number of nitrogens with one attached hydrogen (secondary N) is 1. The van der Waals surface area contributed by atoms with Crippen LogP contribution in [0.2, 0.25) is 5.02 Å². The maximum atomic E-state index is 12.2. The summed E-state index contributed by atoms with van der Waals surface area (Å²) in [6, 6.07) is 10.5. The fraction of sp³-hybridized carbons (Fsp3) is 0.250. The van der Waals surface area contributed by atoms with Gasteiger partial charge >= 0.3 is 5.97 Å². The molecular formula is C20H20ClN3O3S. The summed E-state index contributed by atoms with van der Waals surface area (Å²) in [5.41, 5.74) is 2.71. The fourth-order valence-corrected chi connectivity index (χ4v) is 3.57. The molecule has 0 aliphatic rings. The first kappa shape index (κ1) is 20.1. The van der Waals surface area contributed by atoms with E-state index in [2.05, 4.69) is 10.4 Å². The van der Waals surface area contributed by atoms with E-state index in [1.54, 1.807) is 40.3 Å². The maximum absolute atomic E-state index is 12.2. The van der Waals surface area contributed by atoms with Crippen LogP contribution in [-0.4, -0.2) is 28.3 Å². The molecule has 0 fully saturated rings. The normalized spacial score (nSPS) is 11.9. The van der Waals surface area contributed by atoms with Gasteiger partial charge in [-0.15, -0.1) is 11.3 Å². The number of amides is 1. The minimum Gasteiger partial charge on any atom is -0.452 e. The zero-order chi connectivity index (χ0) is 20.3. The minimum atomic E-state index is -0.558. The highest BCUT2D eigenvalue weighted by atomic mass is 35.5. The molecule has 1 amide bonds. The van der Waals surface area contributed by atoms with Crippen LogP contribution < -0.4 is 5.32 Å².